The molecule has 77 heavy (non-hydrogen) atoms. The minimum atomic E-state index is -0.623. The van der Waals surface area contributed by atoms with E-state index in [-0.39, 0.29) is 30.0 Å². The monoisotopic (exact) mass is 1070 g/mol. The highest BCUT2D eigenvalue weighted by Crippen LogP contribution is 2.44. The summed E-state index contributed by atoms with van der Waals surface area (Å²) in [7, 11) is 0. The molecule has 0 bridgehead atoms. The zero-order chi connectivity index (χ0) is 55.7. The second-order valence-corrected chi connectivity index (χ2v) is 20.0. The van der Waals surface area contributed by atoms with E-state index in [2.05, 4.69) is 34.6 Å². The predicted molar refractivity (Wildman–Crippen MR) is 311 cm³/mol. The standard InChI is InChI=1S/C65H98O12/c1-8-14-19-27-46-70-58-42-34-53(62(72-48-29-21-16-10-3)64(58)74-50-31-23-18-12-5)36-44-60(68)76-55-39-37-54(38-40-55)75-59(67)43-35-52-33-41-56(57(32-25-24-26-45-66)77-65(69)51(7)13-6)63(73-49-30-22-17-11-4)61(52)71-47-28-20-15-9-2/h33-44,51,57,66H,8-32,45-50H2,1-7H3/b43-35+,44-36+. The van der Waals surface area contributed by atoms with Crippen LogP contribution in [0.25, 0.3) is 12.2 Å². The molecule has 12 heteroatoms. The Morgan fingerprint density at radius 1 is 0.455 bits per heavy atom. The van der Waals surface area contributed by atoms with E-state index < -0.39 is 18.0 Å². The molecule has 0 fully saturated rings. The SMILES string of the molecule is CCCCCCOc1ccc(/C=C/C(=O)Oc2ccc(OC(=O)/C=C/c3ccc(C(CCCCCO)OC(=O)C(C)CC)c(OCCCCCC)c3OCCCCCC)cc2)c(OCCCCCC)c1OCCCCCC. The summed E-state index contributed by atoms with van der Waals surface area (Å²) in [5.74, 6) is 1.51. The Labute approximate surface area is 464 Å². The van der Waals surface area contributed by atoms with Crippen molar-refractivity contribution in [2.75, 3.05) is 39.6 Å². The average molecular weight is 1070 g/mol. The quantitative estimate of drug-likeness (QED) is 0.0249. The maximum Gasteiger partial charge on any atom is 0.336 e. The van der Waals surface area contributed by atoms with Crippen LogP contribution in [0.1, 0.15) is 232 Å². The van der Waals surface area contributed by atoms with Gasteiger partial charge in [0.15, 0.2) is 23.0 Å². The first-order chi connectivity index (χ1) is 37.6. The van der Waals surface area contributed by atoms with Crippen molar-refractivity contribution in [2.24, 2.45) is 5.92 Å². The number of rotatable bonds is 45. The van der Waals surface area contributed by atoms with E-state index >= 15 is 0 Å². The number of unbranched alkanes of at least 4 members (excludes halogenated alkanes) is 17. The van der Waals surface area contributed by atoms with Crippen molar-refractivity contribution < 1.29 is 57.4 Å². The van der Waals surface area contributed by atoms with Crippen LogP contribution in [0.2, 0.25) is 0 Å². The topological polar surface area (TPSA) is 145 Å². The lowest BCUT2D eigenvalue weighted by Crippen LogP contribution is -2.19. The molecule has 3 rings (SSSR count). The van der Waals surface area contributed by atoms with Gasteiger partial charge >= 0.3 is 17.9 Å². The fraction of sp³-hybridized carbons (Fsp3) is 0.615. The maximum atomic E-state index is 13.4. The van der Waals surface area contributed by atoms with E-state index in [4.69, 9.17) is 37.9 Å². The third-order valence-corrected chi connectivity index (χ3v) is 13.3. The molecule has 0 aliphatic carbocycles. The van der Waals surface area contributed by atoms with Crippen LogP contribution in [0.15, 0.2) is 60.7 Å². The fourth-order valence-corrected chi connectivity index (χ4v) is 8.40. The van der Waals surface area contributed by atoms with Crippen molar-refractivity contribution in [1.82, 2.24) is 0 Å². The number of esters is 3. The van der Waals surface area contributed by atoms with Gasteiger partial charge in [-0.2, -0.15) is 0 Å². The fourth-order valence-electron chi connectivity index (χ4n) is 8.40. The summed E-state index contributed by atoms with van der Waals surface area (Å²) < 4.78 is 50.0. The highest BCUT2D eigenvalue weighted by atomic mass is 16.6. The summed E-state index contributed by atoms with van der Waals surface area (Å²) in [6, 6.07) is 13.8. The molecular weight excluding hydrogens is 973 g/mol. The lowest BCUT2D eigenvalue weighted by atomic mass is 9.98. The van der Waals surface area contributed by atoms with Gasteiger partial charge in [0.05, 0.1) is 39.0 Å². The molecule has 430 valence electrons. The van der Waals surface area contributed by atoms with E-state index in [1.54, 1.807) is 36.4 Å². The van der Waals surface area contributed by atoms with Crippen LogP contribution in [0.3, 0.4) is 0 Å². The molecule has 3 aromatic rings. The minimum absolute atomic E-state index is 0.0994. The molecule has 0 aliphatic rings. The summed E-state index contributed by atoms with van der Waals surface area (Å²) in [5.41, 5.74) is 2.01. The van der Waals surface area contributed by atoms with E-state index in [9.17, 15) is 19.5 Å². The average Bonchev–Trinajstić information content (AvgIpc) is 3.44. The largest absolute Gasteiger partial charge is 0.490 e. The first-order valence-electron chi connectivity index (χ1n) is 29.8. The Morgan fingerprint density at radius 3 is 1.30 bits per heavy atom. The van der Waals surface area contributed by atoms with Gasteiger partial charge in [0.25, 0.3) is 0 Å². The van der Waals surface area contributed by atoms with Gasteiger partial charge in [-0.05, 0) is 106 Å². The Kier molecular flexibility index (Phi) is 35.5. The van der Waals surface area contributed by atoms with E-state index in [1.807, 2.05) is 38.1 Å². The molecule has 2 atom stereocenters. The molecular formula is C65H98O12. The number of hydrogen-bond acceptors (Lipinski definition) is 12. The summed E-state index contributed by atoms with van der Waals surface area (Å²) in [4.78, 5) is 40.0. The van der Waals surface area contributed by atoms with Gasteiger partial charge in [0, 0.05) is 35.4 Å². The number of carbonyl (C=O) groups excluding carboxylic acids is 3. The highest BCUT2D eigenvalue weighted by Gasteiger charge is 2.27. The molecule has 3 aromatic carbocycles. The van der Waals surface area contributed by atoms with Gasteiger partial charge in [0.2, 0.25) is 5.75 Å². The van der Waals surface area contributed by atoms with Gasteiger partial charge < -0.3 is 43.0 Å². The Morgan fingerprint density at radius 2 is 0.857 bits per heavy atom. The molecule has 0 spiro atoms. The highest BCUT2D eigenvalue weighted by molar-refractivity contribution is 5.90. The maximum absolute atomic E-state index is 13.4. The molecule has 0 radical (unpaired) electrons. The van der Waals surface area contributed by atoms with Crippen LogP contribution in [0, 0.1) is 5.92 Å². The van der Waals surface area contributed by atoms with Crippen molar-refractivity contribution >= 4 is 30.1 Å². The summed E-state index contributed by atoms with van der Waals surface area (Å²) in [6.45, 7) is 17.3. The Balaban J connectivity index is 1.87. The van der Waals surface area contributed by atoms with Gasteiger partial charge in [-0.1, -0.05) is 163 Å². The summed E-state index contributed by atoms with van der Waals surface area (Å²) in [5, 5.41) is 9.48. The van der Waals surface area contributed by atoms with Crippen molar-refractivity contribution in [3.63, 3.8) is 0 Å². The molecule has 0 heterocycles. The third-order valence-electron chi connectivity index (χ3n) is 13.3. The van der Waals surface area contributed by atoms with Crippen molar-refractivity contribution in [3.05, 3.63) is 77.4 Å². The van der Waals surface area contributed by atoms with Crippen LogP contribution in [-0.4, -0.2) is 62.7 Å². The molecule has 0 aliphatic heterocycles. The van der Waals surface area contributed by atoms with Crippen LogP contribution < -0.4 is 33.2 Å². The van der Waals surface area contributed by atoms with Crippen LogP contribution in [0.5, 0.6) is 40.2 Å². The van der Waals surface area contributed by atoms with Gasteiger partial charge in [0.1, 0.15) is 17.6 Å². The smallest absolute Gasteiger partial charge is 0.336 e. The predicted octanol–water partition coefficient (Wildman–Crippen LogP) is 16.9. The van der Waals surface area contributed by atoms with Crippen molar-refractivity contribution in [3.8, 4) is 40.2 Å². The number of carbonyl (C=O) groups is 3. The van der Waals surface area contributed by atoms with E-state index in [1.165, 1.54) is 12.2 Å². The number of aliphatic hydroxyl groups excluding tert-OH is 1. The zero-order valence-corrected chi connectivity index (χ0v) is 48.4. The number of aliphatic hydroxyl groups is 1. The molecule has 1 N–H and O–H groups in total. The van der Waals surface area contributed by atoms with Gasteiger partial charge in [-0.25, -0.2) is 9.59 Å². The molecule has 0 aromatic heterocycles. The third kappa shape index (κ3) is 26.6. The van der Waals surface area contributed by atoms with Crippen LogP contribution in [-0.2, 0) is 19.1 Å². The lowest BCUT2D eigenvalue weighted by molar-refractivity contribution is -0.154. The number of ether oxygens (including phenoxy) is 8. The van der Waals surface area contributed by atoms with Gasteiger partial charge in [-0.15, -0.1) is 0 Å². The van der Waals surface area contributed by atoms with Crippen molar-refractivity contribution in [1.29, 1.82) is 0 Å². The minimum Gasteiger partial charge on any atom is -0.490 e. The molecule has 0 saturated carbocycles. The molecule has 0 saturated heterocycles. The van der Waals surface area contributed by atoms with Gasteiger partial charge in [-0.3, -0.25) is 4.79 Å². The first-order valence-corrected chi connectivity index (χ1v) is 29.8. The van der Waals surface area contributed by atoms with Crippen molar-refractivity contribution in [2.45, 2.75) is 215 Å². The number of benzene rings is 3. The van der Waals surface area contributed by atoms with Crippen LogP contribution in [0.4, 0.5) is 0 Å². The summed E-state index contributed by atoms with van der Waals surface area (Å²) >= 11 is 0. The van der Waals surface area contributed by atoms with E-state index in [0.29, 0.717) is 97.7 Å². The first kappa shape index (κ1) is 65.8. The second-order valence-electron chi connectivity index (χ2n) is 20.0. The second kappa shape index (κ2) is 41.6. The zero-order valence-electron chi connectivity index (χ0n) is 48.4. The molecule has 2 unspecified atom stereocenters. The Bertz CT molecular complexity index is 2130. The Hall–Kier alpha value is -5.49. The number of hydrogen-bond donors (Lipinski definition) is 1. The molecule has 12 nitrogen and oxygen atoms in total. The van der Waals surface area contributed by atoms with E-state index in [0.717, 1.165) is 141 Å². The lowest BCUT2D eigenvalue weighted by Gasteiger charge is -2.25. The van der Waals surface area contributed by atoms with Crippen LogP contribution >= 0.6 is 0 Å². The molecule has 0 amide bonds. The normalized spacial score (nSPS) is 12.2. The summed E-state index contributed by atoms with van der Waals surface area (Å²) in [6.07, 6.45) is 29.7.